The van der Waals surface area contributed by atoms with E-state index in [0.717, 1.165) is 41.5 Å². The molecule has 0 fully saturated rings. The molecule has 0 aliphatic rings. The number of hydrogen-bond donors (Lipinski definition) is 2. The number of aryl methyl sites for hydroxylation is 2. The number of rotatable bonds is 8. The van der Waals surface area contributed by atoms with E-state index >= 15 is 0 Å². The van der Waals surface area contributed by atoms with Crippen molar-refractivity contribution in [2.24, 2.45) is 0 Å². The van der Waals surface area contributed by atoms with Crippen LogP contribution in [-0.4, -0.2) is 35.6 Å². The summed E-state index contributed by atoms with van der Waals surface area (Å²) in [6.45, 7) is 1.86. The number of amides is 1. The lowest BCUT2D eigenvalue weighted by atomic mass is 10.0. The van der Waals surface area contributed by atoms with E-state index < -0.39 is 32.4 Å². The largest absolute Gasteiger partial charge is 0.312 e. The summed E-state index contributed by atoms with van der Waals surface area (Å²) in [5, 5.41) is 7.14. The van der Waals surface area contributed by atoms with Gasteiger partial charge in [-0.25, -0.2) is 18.3 Å². The zero-order valence-electron chi connectivity index (χ0n) is 15.7. The van der Waals surface area contributed by atoms with Crippen LogP contribution in [0.25, 0.3) is 11.1 Å². The lowest BCUT2D eigenvalue weighted by Gasteiger charge is -2.14. The second-order valence-electron chi connectivity index (χ2n) is 6.60. The van der Waals surface area contributed by atoms with Gasteiger partial charge in [0.05, 0.1) is 0 Å². The van der Waals surface area contributed by atoms with Crippen LogP contribution in [0.15, 0.2) is 41.3 Å². The van der Waals surface area contributed by atoms with E-state index in [0.29, 0.717) is 5.56 Å². The molecule has 1 heterocycles. The molecule has 0 saturated carbocycles. The molecule has 1 aromatic carbocycles. The number of benzene rings is 1. The van der Waals surface area contributed by atoms with Crippen molar-refractivity contribution in [1.29, 1.82) is 0 Å². The van der Waals surface area contributed by atoms with Crippen molar-refractivity contribution in [3.8, 4) is 11.1 Å². The molecule has 0 saturated heterocycles. The van der Waals surface area contributed by atoms with Crippen molar-refractivity contribution < 1.29 is 22.8 Å². The van der Waals surface area contributed by atoms with Crippen LogP contribution < -0.4 is 11.0 Å². The maximum Gasteiger partial charge on any atom is 0.261 e. The molecule has 1 aromatic heterocycles. The molecule has 2 N–H and O–H groups in total. The van der Waals surface area contributed by atoms with Gasteiger partial charge in [-0.15, -0.1) is 0 Å². The smallest absolute Gasteiger partial charge is 0.261 e. The number of hydrogen-bond acceptors (Lipinski definition) is 5. The van der Waals surface area contributed by atoms with Gasteiger partial charge in [0.2, 0.25) is 0 Å². The number of sulfone groups is 1. The summed E-state index contributed by atoms with van der Waals surface area (Å²) < 4.78 is 38.9. The predicted octanol–water partition coefficient (Wildman–Crippen LogP) is 1.92. The average molecular weight is 410 g/mol. The lowest BCUT2D eigenvalue weighted by molar-refractivity contribution is -0.128. The topological polar surface area (TPSA) is 105 Å². The minimum absolute atomic E-state index is 0.150. The molecule has 7 nitrogen and oxygen atoms in total. The van der Waals surface area contributed by atoms with Gasteiger partial charge >= 0.3 is 0 Å². The molecular weight excluding hydrogens is 387 g/mol. The number of nitrogens with one attached hydrogen (secondary N) is 1. The maximum atomic E-state index is 14.6. The minimum Gasteiger partial charge on any atom is -0.312 e. The molecule has 1 atom stereocenters. The molecule has 1 amide bonds. The highest BCUT2D eigenvalue weighted by Crippen LogP contribution is 2.22. The van der Waals surface area contributed by atoms with Crippen LogP contribution in [0.4, 0.5) is 4.39 Å². The predicted molar refractivity (Wildman–Crippen MR) is 103 cm³/mol. The van der Waals surface area contributed by atoms with Crippen molar-refractivity contribution in [1.82, 2.24) is 10.0 Å². The fraction of sp³-hybridized carbons (Fsp3) is 0.368. The maximum absolute atomic E-state index is 14.6. The molecule has 0 spiro atoms. The van der Waals surface area contributed by atoms with Crippen LogP contribution in [0, 0.1) is 5.82 Å². The number of aromatic nitrogens is 1. The van der Waals surface area contributed by atoms with E-state index in [1.54, 1.807) is 12.1 Å². The fourth-order valence-electron chi connectivity index (χ4n) is 2.95. The second kappa shape index (κ2) is 9.11. The van der Waals surface area contributed by atoms with Crippen LogP contribution in [-0.2, 0) is 27.6 Å². The summed E-state index contributed by atoms with van der Waals surface area (Å²) in [4.78, 5) is 23.9. The van der Waals surface area contributed by atoms with Gasteiger partial charge in [0, 0.05) is 30.6 Å². The van der Waals surface area contributed by atoms with Gasteiger partial charge in [-0.2, -0.15) is 0 Å². The van der Waals surface area contributed by atoms with E-state index in [1.165, 1.54) is 5.48 Å². The quantitative estimate of drug-likeness (QED) is 0.511. The summed E-state index contributed by atoms with van der Waals surface area (Å²) in [7, 11) is -3.81. The fourth-order valence-corrected chi connectivity index (χ4v) is 3.92. The molecule has 0 radical (unpaired) electrons. The average Bonchev–Trinajstić information content (AvgIpc) is 2.64. The SMILES string of the molecule is CCCc1ccc(-c2cc(=O)n(CCC(C(=O)NO)S(C)(=O)=O)cc2F)cc1. The Kier molecular flexibility index (Phi) is 7.09. The van der Waals surface area contributed by atoms with Gasteiger partial charge in [0.25, 0.3) is 11.5 Å². The molecule has 0 aliphatic heterocycles. The first-order valence-electron chi connectivity index (χ1n) is 8.79. The van der Waals surface area contributed by atoms with Crippen LogP contribution in [0.3, 0.4) is 0 Å². The van der Waals surface area contributed by atoms with E-state index in [1.807, 2.05) is 12.1 Å². The molecule has 152 valence electrons. The Morgan fingerprint density at radius 1 is 1.29 bits per heavy atom. The molecule has 0 bridgehead atoms. The van der Waals surface area contributed by atoms with Gasteiger partial charge in [-0.1, -0.05) is 37.6 Å². The van der Waals surface area contributed by atoms with Crippen molar-refractivity contribution in [2.75, 3.05) is 6.26 Å². The van der Waals surface area contributed by atoms with Crippen molar-refractivity contribution in [3.63, 3.8) is 0 Å². The Bertz CT molecular complexity index is 1000. The van der Waals surface area contributed by atoms with Gasteiger partial charge in [-0.3, -0.25) is 14.8 Å². The van der Waals surface area contributed by atoms with Crippen LogP contribution >= 0.6 is 0 Å². The molecule has 2 rings (SSSR count). The van der Waals surface area contributed by atoms with E-state index in [4.69, 9.17) is 5.21 Å². The summed E-state index contributed by atoms with van der Waals surface area (Å²) in [6.07, 6.45) is 3.46. The first-order valence-corrected chi connectivity index (χ1v) is 10.7. The standard InChI is InChI=1S/C19H23FN2O5S/c1-3-4-13-5-7-14(8-6-13)15-11-18(23)22(12-16(15)20)10-9-17(19(24)21-25)28(2,26)27/h5-8,11-12,17,25H,3-4,9-10H2,1-2H3,(H,21,24). The number of carbonyl (C=O) groups excluding carboxylic acids is 1. The van der Waals surface area contributed by atoms with Gasteiger partial charge in [0.1, 0.15) is 11.1 Å². The number of pyridine rings is 1. The third-order valence-electron chi connectivity index (χ3n) is 4.43. The minimum atomic E-state index is -3.81. The molecular formula is C19H23FN2O5S. The monoisotopic (exact) mass is 410 g/mol. The van der Waals surface area contributed by atoms with Gasteiger partial charge in [0.15, 0.2) is 9.84 Å². The number of carbonyl (C=O) groups is 1. The molecule has 0 aliphatic carbocycles. The zero-order valence-corrected chi connectivity index (χ0v) is 16.5. The molecule has 2 aromatic rings. The summed E-state index contributed by atoms with van der Waals surface area (Å²) in [6, 6.07) is 8.41. The molecule has 9 heteroatoms. The third kappa shape index (κ3) is 5.26. The highest BCUT2D eigenvalue weighted by atomic mass is 32.2. The van der Waals surface area contributed by atoms with Gasteiger partial charge in [-0.05, 0) is 24.0 Å². The Morgan fingerprint density at radius 3 is 2.46 bits per heavy atom. The number of hydroxylamine groups is 1. The first kappa shape index (κ1) is 21.8. The van der Waals surface area contributed by atoms with Crippen molar-refractivity contribution in [3.05, 3.63) is 58.3 Å². The highest BCUT2D eigenvalue weighted by molar-refractivity contribution is 7.92. The Labute approximate surface area is 162 Å². The van der Waals surface area contributed by atoms with Gasteiger partial charge < -0.3 is 4.57 Å². The van der Waals surface area contributed by atoms with E-state index in [2.05, 4.69) is 6.92 Å². The lowest BCUT2D eigenvalue weighted by Crippen LogP contribution is -2.39. The van der Waals surface area contributed by atoms with Crippen molar-refractivity contribution in [2.45, 2.75) is 38.0 Å². The number of halogens is 1. The van der Waals surface area contributed by atoms with Crippen molar-refractivity contribution >= 4 is 15.7 Å². The summed E-state index contributed by atoms with van der Waals surface area (Å²) >= 11 is 0. The van der Waals surface area contributed by atoms with Crippen LogP contribution in [0.5, 0.6) is 0 Å². The Morgan fingerprint density at radius 2 is 1.93 bits per heavy atom. The first-order chi connectivity index (χ1) is 13.2. The third-order valence-corrected chi connectivity index (χ3v) is 5.92. The van der Waals surface area contributed by atoms with E-state index in [-0.39, 0.29) is 18.5 Å². The van der Waals surface area contributed by atoms with Crippen LogP contribution in [0.1, 0.15) is 25.3 Å². The normalized spacial score (nSPS) is 12.6. The Balaban J connectivity index is 2.26. The molecule has 28 heavy (non-hydrogen) atoms. The van der Waals surface area contributed by atoms with E-state index in [9.17, 15) is 22.4 Å². The van der Waals surface area contributed by atoms with Crippen LogP contribution in [0.2, 0.25) is 0 Å². The number of nitrogens with zero attached hydrogens (tertiary/aromatic N) is 1. The zero-order chi connectivity index (χ0) is 20.9. The molecule has 1 unspecified atom stereocenters. The Hall–Kier alpha value is -2.52. The highest BCUT2D eigenvalue weighted by Gasteiger charge is 2.28. The summed E-state index contributed by atoms with van der Waals surface area (Å²) in [5.41, 5.74) is 2.61. The second-order valence-corrected chi connectivity index (χ2v) is 8.82. The summed E-state index contributed by atoms with van der Waals surface area (Å²) in [5.74, 6) is -1.73.